The molecule has 0 bridgehead atoms. The van der Waals surface area contributed by atoms with Crippen molar-refractivity contribution < 1.29 is 0 Å². The molecular formula is C15H32N4. The average Bonchev–Trinajstić information content (AvgIpc) is 2.34. The van der Waals surface area contributed by atoms with Crippen LogP contribution in [-0.2, 0) is 0 Å². The van der Waals surface area contributed by atoms with E-state index in [1.54, 1.807) is 0 Å². The molecule has 0 aromatic carbocycles. The second kappa shape index (κ2) is 13.4. The van der Waals surface area contributed by atoms with E-state index >= 15 is 0 Å². The van der Waals surface area contributed by atoms with Gasteiger partial charge in [0.25, 0.3) is 0 Å². The molecule has 0 unspecified atom stereocenters. The summed E-state index contributed by atoms with van der Waals surface area (Å²) in [6.45, 7) is 17.9. The summed E-state index contributed by atoms with van der Waals surface area (Å²) in [7, 11) is 0. The lowest BCUT2D eigenvalue weighted by Crippen LogP contribution is -2.26. The predicted molar refractivity (Wildman–Crippen MR) is 85.2 cm³/mol. The van der Waals surface area contributed by atoms with E-state index in [0.29, 0.717) is 0 Å². The fourth-order valence-electron chi connectivity index (χ4n) is 1.62. The first-order valence-corrected chi connectivity index (χ1v) is 7.33. The van der Waals surface area contributed by atoms with Crippen molar-refractivity contribution >= 4 is 0 Å². The quantitative estimate of drug-likeness (QED) is 0.361. The van der Waals surface area contributed by atoms with Crippen molar-refractivity contribution in [3.63, 3.8) is 0 Å². The summed E-state index contributed by atoms with van der Waals surface area (Å²) < 4.78 is 0. The summed E-state index contributed by atoms with van der Waals surface area (Å²) in [5.41, 5.74) is 2.09. The van der Waals surface area contributed by atoms with E-state index in [0.717, 1.165) is 63.5 Å². The fraction of sp³-hybridized carbons (Fsp3) is 0.733. The van der Waals surface area contributed by atoms with Crippen molar-refractivity contribution in [2.45, 2.75) is 33.1 Å². The van der Waals surface area contributed by atoms with E-state index in [1.807, 2.05) is 13.8 Å². The van der Waals surface area contributed by atoms with Crippen LogP contribution in [0.25, 0.3) is 0 Å². The van der Waals surface area contributed by atoms with E-state index in [9.17, 15) is 0 Å². The molecule has 4 heteroatoms. The third-order valence-corrected chi connectivity index (χ3v) is 2.62. The SMILES string of the molecule is C=C(C)NCCCNCCCNCCCNC(=C)C. The number of hydrogen-bond acceptors (Lipinski definition) is 4. The second-order valence-corrected chi connectivity index (χ2v) is 4.97. The van der Waals surface area contributed by atoms with Crippen LogP contribution in [0.2, 0.25) is 0 Å². The van der Waals surface area contributed by atoms with Gasteiger partial charge >= 0.3 is 0 Å². The van der Waals surface area contributed by atoms with Gasteiger partial charge < -0.3 is 21.3 Å². The van der Waals surface area contributed by atoms with E-state index in [4.69, 9.17) is 0 Å². The molecule has 0 aromatic rings. The maximum Gasteiger partial charge on any atom is 0.0155 e. The molecule has 0 aromatic heterocycles. The molecule has 112 valence electrons. The molecule has 0 amide bonds. The molecular weight excluding hydrogens is 236 g/mol. The van der Waals surface area contributed by atoms with Crippen LogP contribution in [0.1, 0.15) is 33.1 Å². The standard InChI is InChI=1S/C15H32N4/c1-14(2)18-12-6-10-16-8-5-9-17-11-7-13-19-15(3)4/h16-19H,1,3,5-13H2,2,4H3. The molecule has 0 aliphatic rings. The Hall–Kier alpha value is -1.00. The smallest absolute Gasteiger partial charge is 0.0155 e. The molecule has 0 saturated heterocycles. The van der Waals surface area contributed by atoms with Crippen LogP contribution >= 0.6 is 0 Å². The summed E-state index contributed by atoms with van der Waals surface area (Å²) in [6.07, 6.45) is 3.47. The summed E-state index contributed by atoms with van der Waals surface area (Å²) >= 11 is 0. The Morgan fingerprint density at radius 1 is 0.632 bits per heavy atom. The summed E-state index contributed by atoms with van der Waals surface area (Å²) in [5, 5.41) is 13.3. The summed E-state index contributed by atoms with van der Waals surface area (Å²) in [4.78, 5) is 0. The number of hydrogen-bond donors (Lipinski definition) is 4. The van der Waals surface area contributed by atoms with Crippen molar-refractivity contribution in [2.75, 3.05) is 39.3 Å². The minimum Gasteiger partial charge on any atom is -0.389 e. The largest absolute Gasteiger partial charge is 0.389 e. The lowest BCUT2D eigenvalue weighted by molar-refractivity contribution is 0.566. The van der Waals surface area contributed by atoms with Crippen molar-refractivity contribution in [3.8, 4) is 0 Å². The molecule has 19 heavy (non-hydrogen) atoms. The van der Waals surface area contributed by atoms with Crippen LogP contribution in [0.5, 0.6) is 0 Å². The molecule has 0 heterocycles. The van der Waals surface area contributed by atoms with Gasteiger partial charge in [0, 0.05) is 24.5 Å². The molecule has 0 radical (unpaired) electrons. The van der Waals surface area contributed by atoms with Crippen molar-refractivity contribution in [1.29, 1.82) is 0 Å². The van der Waals surface area contributed by atoms with Gasteiger partial charge in [-0.15, -0.1) is 0 Å². The monoisotopic (exact) mass is 268 g/mol. The molecule has 0 aliphatic carbocycles. The van der Waals surface area contributed by atoms with E-state index < -0.39 is 0 Å². The molecule has 0 fully saturated rings. The third-order valence-electron chi connectivity index (χ3n) is 2.62. The topological polar surface area (TPSA) is 48.1 Å². The van der Waals surface area contributed by atoms with Gasteiger partial charge in [-0.2, -0.15) is 0 Å². The minimum absolute atomic E-state index is 1.01. The number of rotatable bonds is 14. The minimum atomic E-state index is 1.01. The van der Waals surface area contributed by atoms with Gasteiger partial charge in [0.15, 0.2) is 0 Å². The highest BCUT2D eigenvalue weighted by Crippen LogP contribution is 1.82. The van der Waals surface area contributed by atoms with E-state index in [2.05, 4.69) is 34.4 Å². The fourth-order valence-corrected chi connectivity index (χ4v) is 1.62. The van der Waals surface area contributed by atoms with Crippen LogP contribution < -0.4 is 21.3 Å². The van der Waals surface area contributed by atoms with Gasteiger partial charge in [0.2, 0.25) is 0 Å². The average molecular weight is 268 g/mol. The molecule has 4 nitrogen and oxygen atoms in total. The normalized spacial score (nSPS) is 10.2. The highest BCUT2D eigenvalue weighted by Gasteiger charge is 1.91. The molecule has 4 N–H and O–H groups in total. The van der Waals surface area contributed by atoms with Crippen LogP contribution in [-0.4, -0.2) is 39.3 Å². The van der Waals surface area contributed by atoms with Gasteiger partial charge in [0.05, 0.1) is 0 Å². The lowest BCUT2D eigenvalue weighted by Gasteiger charge is -2.08. The zero-order chi connectivity index (χ0) is 14.3. The molecule has 0 saturated carbocycles. The zero-order valence-electron chi connectivity index (χ0n) is 12.8. The van der Waals surface area contributed by atoms with E-state index in [1.165, 1.54) is 6.42 Å². The van der Waals surface area contributed by atoms with Gasteiger partial charge in [-0.1, -0.05) is 13.2 Å². The Labute approximate surface area is 119 Å². The Bertz CT molecular complexity index is 214. The van der Waals surface area contributed by atoms with Crippen LogP contribution in [0.15, 0.2) is 24.6 Å². The number of nitrogens with one attached hydrogen (secondary N) is 4. The van der Waals surface area contributed by atoms with Crippen LogP contribution in [0.3, 0.4) is 0 Å². The van der Waals surface area contributed by atoms with Crippen molar-refractivity contribution in [2.24, 2.45) is 0 Å². The zero-order valence-corrected chi connectivity index (χ0v) is 12.8. The first kappa shape index (κ1) is 18.0. The van der Waals surface area contributed by atoms with Gasteiger partial charge in [-0.05, 0) is 59.3 Å². The van der Waals surface area contributed by atoms with Crippen LogP contribution in [0.4, 0.5) is 0 Å². The summed E-state index contributed by atoms with van der Waals surface area (Å²) in [5.74, 6) is 0. The van der Waals surface area contributed by atoms with Crippen molar-refractivity contribution in [3.05, 3.63) is 24.6 Å². The Morgan fingerprint density at radius 3 is 1.26 bits per heavy atom. The third kappa shape index (κ3) is 17.0. The van der Waals surface area contributed by atoms with Crippen molar-refractivity contribution in [1.82, 2.24) is 21.3 Å². The Kier molecular flexibility index (Phi) is 12.7. The highest BCUT2D eigenvalue weighted by molar-refractivity contribution is 4.84. The van der Waals surface area contributed by atoms with Gasteiger partial charge in [0.1, 0.15) is 0 Å². The van der Waals surface area contributed by atoms with Gasteiger partial charge in [-0.25, -0.2) is 0 Å². The first-order chi connectivity index (χ1) is 9.13. The maximum absolute atomic E-state index is 3.80. The Balaban J connectivity index is 2.99. The molecule has 0 atom stereocenters. The number of allylic oxidation sites excluding steroid dienone is 2. The molecule has 0 aliphatic heterocycles. The van der Waals surface area contributed by atoms with Gasteiger partial charge in [-0.3, -0.25) is 0 Å². The summed E-state index contributed by atoms with van der Waals surface area (Å²) in [6, 6.07) is 0. The van der Waals surface area contributed by atoms with E-state index in [-0.39, 0.29) is 0 Å². The predicted octanol–water partition coefficient (Wildman–Crippen LogP) is 1.58. The maximum atomic E-state index is 3.80. The molecule has 0 spiro atoms. The highest BCUT2D eigenvalue weighted by atomic mass is 14.9. The first-order valence-electron chi connectivity index (χ1n) is 7.33. The molecule has 0 rings (SSSR count). The second-order valence-electron chi connectivity index (χ2n) is 4.97. The lowest BCUT2D eigenvalue weighted by atomic mass is 10.3. The Morgan fingerprint density at radius 2 is 0.947 bits per heavy atom. The van der Waals surface area contributed by atoms with Crippen LogP contribution in [0, 0.1) is 0 Å².